The second kappa shape index (κ2) is 7.43. The van der Waals surface area contributed by atoms with Crippen molar-refractivity contribution >= 4 is 11.7 Å². The van der Waals surface area contributed by atoms with Gasteiger partial charge in [-0.25, -0.2) is 4.79 Å². The monoisotopic (exact) mass is 283 g/mol. The molecule has 2 amide bonds. The molecule has 1 aromatic carbocycles. The number of carbonyl (C=O) groups excluding carboxylic acids is 1. The largest absolute Gasteiger partial charge is 0.338 e. The van der Waals surface area contributed by atoms with E-state index in [1.54, 1.807) is 6.20 Å². The molecule has 21 heavy (non-hydrogen) atoms. The molecule has 2 N–H and O–H groups in total. The SMILES string of the molecule is CC(C)c1cccc(NC(=O)NCCc2cccnc2)c1. The molecule has 0 aliphatic heterocycles. The van der Waals surface area contributed by atoms with E-state index in [0.717, 1.165) is 17.7 Å². The zero-order chi connectivity index (χ0) is 15.1. The third kappa shape index (κ3) is 4.91. The van der Waals surface area contributed by atoms with E-state index in [2.05, 4.69) is 35.5 Å². The molecule has 2 rings (SSSR count). The summed E-state index contributed by atoms with van der Waals surface area (Å²) in [6, 6.07) is 11.6. The standard InChI is InChI=1S/C17H21N3O/c1-13(2)15-6-3-7-16(11-15)20-17(21)19-10-8-14-5-4-9-18-12-14/h3-7,9,11-13H,8,10H2,1-2H3,(H2,19,20,21). The van der Waals surface area contributed by atoms with Crippen LogP contribution in [0.4, 0.5) is 10.5 Å². The van der Waals surface area contributed by atoms with Crippen LogP contribution in [0, 0.1) is 0 Å². The van der Waals surface area contributed by atoms with Gasteiger partial charge in [0.1, 0.15) is 0 Å². The van der Waals surface area contributed by atoms with Crippen molar-refractivity contribution in [1.82, 2.24) is 10.3 Å². The lowest BCUT2D eigenvalue weighted by molar-refractivity contribution is 0.252. The highest BCUT2D eigenvalue weighted by atomic mass is 16.2. The Morgan fingerprint density at radius 1 is 1.24 bits per heavy atom. The average molecular weight is 283 g/mol. The fraction of sp³-hybridized carbons (Fsp3) is 0.294. The Balaban J connectivity index is 1.80. The lowest BCUT2D eigenvalue weighted by atomic mass is 10.0. The number of pyridine rings is 1. The fourth-order valence-corrected chi connectivity index (χ4v) is 2.02. The second-order valence-corrected chi connectivity index (χ2v) is 5.27. The molecule has 110 valence electrons. The van der Waals surface area contributed by atoms with Gasteiger partial charge in [-0.05, 0) is 41.7 Å². The molecule has 0 spiro atoms. The molecule has 1 heterocycles. The van der Waals surface area contributed by atoms with Gasteiger partial charge in [0.15, 0.2) is 0 Å². The third-order valence-corrected chi connectivity index (χ3v) is 3.23. The molecule has 0 fully saturated rings. The molecule has 0 radical (unpaired) electrons. The molecule has 1 aromatic heterocycles. The number of anilines is 1. The molecule has 0 atom stereocenters. The number of hydrogen-bond acceptors (Lipinski definition) is 2. The summed E-state index contributed by atoms with van der Waals surface area (Å²) in [6.45, 7) is 4.85. The molecule has 4 heteroatoms. The van der Waals surface area contributed by atoms with Crippen LogP contribution in [0.15, 0.2) is 48.8 Å². The molecule has 0 bridgehead atoms. The minimum atomic E-state index is -0.181. The minimum absolute atomic E-state index is 0.181. The van der Waals surface area contributed by atoms with Crippen LogP contribution in [-0.2, 0) is 6.42 Å². The van der Waals surface area contributed by atoms with E-state index < -0.39 is 0 Å². The number of urea groups is 1. The van der Waals surface area contributed by atoms with Gasteiger partial charge in [-0.3, -0.25) is 4.98 Å². The van der Waals surface area contributed by atoms with E-state index in [1.807, 2.05) is 36.5 Å². The van der Waals surface area contributed by atoms with Crippen molar-refractivity contribution in [3.63, 3.8) is 0 Å². The number of nitrogens with zero attached hydrogens (tertiary/aromatic N) is 1. The number of carbonyl (C=O) groups is 1. The van der Waals surface area contributed by atoms with Gasteiger partial charge in [-0.2, -0.15) is 0 Å². The molecule has 2 aromatic rings. The van der Waals surface area contributed by atoms with Crippen LogP contribution in [0.5, 0.6) is 0 Å². The predicted molar refractivity (Wildman–Crippen MR) is 85.5 cm³/mol. The zero-order valence-electron chi connectivity index (χ0n) is 12.5. The Hall–Kier alpha value is -2.36. The summed E-state index contributed by atoms with van der Waals surface area (Å²) in [5, 5.41) is 5.71. The smallest absolute Gasteiger partial charge is 0.319 e. The molecular formula is C17H21N3O. The van der Waals surface area contributed by atoms with Gasteiger partial charge in [0, 0.05) is 24.6 Å². The summed E-state index contributed by atoms with van der Waals surface area (Å²) in [7, 11) is 0. The molecule has 4 nitrogen and oxygen atoms in total. The predicted octanol–water partition coefficient (Wildman–Crippen LogP) is 3.57. The number of amides is 2. The normalized spacial score (nSPS) is 10.4. The maximum atomic E-state index is 11.8. The number of rotatable bonds is 5. The van der Waals surface area contributed by atoms with Crippen LogP contribution in [0.2, 0.25) is 0 Å². The maximum Gasteiger partial charge on any atom is 0.319 e. The fourth-order valence-electron chi connectivity index (χ4n) is 2.02. The quantitative estimate of drug-likeness (QED) is 0.881. The van der Waals surface area contributed by atoms with Gasteiger partial charge in [-0.15, -0.1) is 0 Å². The molecule has 0 saturated carbocycles. The van der Waals surface area contributed by atoms with Crippen LogP contribution in [0.3, 0.4) is 0 Å². The summed E-state index contributed by atoms with van der Waals surface area (Å²) in [5.41, 5.74) is 3.14. The Bertz CT molecular complexity index is 582. The maximum absolute atomic E-state index is 11.8. The van der Waals surface area contributed by atoms with Crippen LogP contribution in [0.25, 0.3) is 0 Å². The first kappa shape index (κ1) is 15.0. The average Bonchev–Trinajstić information content (AvgIpc) is 2.48. The highest BCUT2D eigenvalue weighted by molar-refractivity contribution is 5.89. The summed E-state index contributed by atoms with van der Waals surface area (Å²) in [5.74, 6) is 0.445. The molecular weight excluding hydrogens is 262 g/mol. The van der Waals surface area contributed by atoms with E-state index in [4.69, 9.17) is 0 Å². The van der Waals surface area contributed by atoms with Gasteiger partial charge >= 0.3 is 6.03 Å². The van der Waals surface area contributed by atoms with Crippen LogP contribution in [-0.4, -0.2) is 17.6 Å². The van der Waals surface area contributed by atoms with E-state index in [0.29, 0.717) is 12.5 Å². The molecule has 0 aliphatic rings. The number of nitrogens with one attached hydrogen (secondary N) is 2. The van der Waals surface area contributed by atoms with E-state index in [9.17, 15) is 4.79 Å². The van der Waals surface area contributed by atoms with Crippen molar-refractivity contribution in [3.05, 3.63) is 59.9 Å². The lowest BCUT2D eigenvalue weighted by Gasteiger charge is -2.10. The third-order valence-electron chi connectivity index (χ3n) is 3.23. The van der Waals surface area contributed by atoms with Crippen molar-refractivity contribution in [2.24, 2.45) is 0 Å². The van der Waals surface area contributed by atoms with Crippen molar-refractivity contribution < 1.29 is 4.79 Å². The summed E-state index contributed by atoms with van der Waals surface area (Å²) < 4.78 is 0. The van der Waals surface area contributed by atoms with Gasteiger partial charge in [0.05, 0.1) is 0 Å². The van der Waals surface area contributed by atoms with Gasteiger partial charge in [0.25, 0.3) is 0 Å². The molecule has 0 unspecified atom stereocenters. The molecule has 0 aliphatic carbocycles. The number of aromatic nitrogens is 1. The second-order valence-electron chi connectivity index (χ2n) is 5.27. The van der Waals surface area contributed by atoms with E-state index >= 15 is 0 Å². The van der Waals surface area contributed by atoms with Gasteiger partial charge in [-0.1, -0.05) is 32.0 Å². The first-order valence-electron chi connectivity index (χ1n) is 7.19. The van der Waals surface area contributed by atoms with Gasteiger partial charge < -0.3 is 10.6 Å². The van der Waals surface area contributed by atoms with Crippen molar-refractivity contribution in [1.29, 1.82) is 0 Å². The minimum Gasteiger partial charge on any atom is -0.338 e. The number of benzene rings is 1. The van der Waals surface area contributed by atoms with E-state index in [-0.39, 0.29) is 6.03 Å². The zero-order valence-corrected chi connectivity index (χ0v) is 12.5. The van der Waals surface area contributed by atoms with Crippen LogP contribution >= 0.6 is 0 Å². The van der Waals surface area contributed by atoms with Crippen LogP contribution in [0.1, 0.15) is 30.9 Å². The van der Waals surface area contributed by atoms with Crippen molar-refractivity contribution in [2.75, 3.05) is 11.9 Å². The molecule has 0 saturated heterocycles. The topological polar surface area (TPSA) is 54.0 Å². The highest BCUT2D eigenvalue weighted by Gasteiger charge is 2.04. The number of hydrogen-bond donors (Lipinski definition) is 2. The summed E-state index contributed by atoms with van der Waals surface area (Å²) >= 11 is 0. The lowest BCUT2D eigenvalue weighted by Crippen LogP contribution is -2.30. The van der Waals surface area contributed by atoms with Crippen molar-refractivity contribution in [3.8, 4) is 0 Å². The summed E-state index contributed by atoms with van der Waals surface area (Å²) in [4.78, 5) is 15.9. The highest BCUT2D eigenvalue weighted by Crippen LogP contribution is 2.18. The van der Waals surface area contributed by atoms with Crippen LogP contribution < -0.4 is 10.6 Å². The Kier molecular flexibility index (Phi) is 5.32. The first-order valence-corrected chi connectivity index (χ1v) is 7.19. The summed E-state index contributed by atoms with van der Waals surface area (Å²) in [6.07, 6.45) is 4.32. The Morgan fingerprint density at radius 3 is 2.81 bits per heavy atom. The Labute approximate surface area is 125 Å². The van der Waals surface area contributed by atoms with Gasteiger partial charge in [0.2, 0.25) is 0 Å². The van der Waals surface area contributed by atoms with E-state index in [1.165, 1.54) is 5.56 Å². The Morgan fingerprint density at radius 2 is 2.10 bits per heavy atom. The van der Waals surface area contributed by atoms with Crippen molar-refractivity contribution in [2.45, 2.75) is 26.2 Å². The first-order chi connectivity index (χ1) is 10.1.